The first-order chi connectivity index (χ1) is 12.1. The fourth-order valence-corrected chi connectivity index (χ4v) is 3.73. The number of alkyl carbamates (subject to hydrolysis) is 1. The molecule has 0 atom stereocenters. The Morgan fingerprint density at radius 2 is 1.72 bits per heavy atom. The summed E-state index contributed by atoms with van der Waals surface area (Å²) >= 11 is 0. The van der Waals surface area contributed by atoms with Gasteiger partial charge in [-0.1, -0.05) is 30.3 Å². The van der Waals surface area contributed by atoms with Crippen LogP contribution in [0.1, 0.15) is 50.0 Å². The Kier molecular flexibility index (Phi) is 5.58. The highest BCUT2D eigenvalue weighted by molar-refractivity contribution is 5.84. The third-order valence-corrected chi connectivity index (χ3v) is 5.30. The Bertz CT molecular complexity index is 589. The van der Waals surface area contributed by atoms with E-state index in [1.807, 2.05) is 18.2 Å². The summed E-state index contributed by atoms with van der Waals surface area (Å²) in [4.78, 5) is 24.1. The van der Waals surface area contributed by atoms with E-state index < -0.39 is 17.6 Å². The highest BCUT2D eigenvalue weighted by Gasteiger charge is 2.44. The summed E-state index contributed by atoms with van der Waals surface area (Å²) in [6, 6.07) is 10.1. The van der Waals surface area contributed by atoms with Crippen LogP contribution in [0, 0.1) is 0 Å². The summed E-state index contributed by atoms with van der Waals surface area (Å²) in [5, 5.41) is 12.4. The van der Waals surface area contributed by atoms with Crippen molar-refractivity contribution in [1.29, 1.82) is 0 Å². The zero-order valence-electron chi connectivity index (χ0n) is 14.3. The lowest BCUT2D eigenvalue weighted by Crippen LogP contribution is -2.56. The van der Waals surface area contributed by atoms with E-state index in [0.717, 1.165) is 12.8 Å². The van der Waals surface area contributed by atoms with Crippen molar-refractivity contribution in [3.05, 3.63) is 35.9 Å². The number of amides is 1. The van der Waals surface area contributed by atoms with Crippen LogP contribution in [0.2, 0.25) is 0 Å². The Hall–Kier alpha value is -2.08. The SMILES string of the molecule is O=C(NC1(C(=O)O)CCC(c2ccccc2)CC1)OC1CCOCC1. The van der Waals surface area contributed by atoms with E-state index in [-0.39, 0.29) is 6.10 Å². The highest BCUT2D eigenvalue weighted by atomic mass is 16.6. The summed E-state index contributed by atoms with van der Waals surface area (Å²) in [7, 11) is 0. The van der Waals surface area contributed by atoms with Crippen LogP contribution < -0.4 is 5.32 Å². The summed E-state index contributed by atoms with van der Waals surface area (Å²) in [6.07, 6.45) is 2.76. The predicted octanol–water partition coefficient (Wildman–Crippen LogP) is 3.07. The van der Waals surface area contributed by atoms with Crippen LogP contribution in [0.4, 0.5) is 4.79 Å². The van der Waals surface area contributed by atoms with E-state index >= 15 is 0 Å². The van der Waals surface area contributed by atoms with Crippen LogP contribution in [0.25, 0.3) is 0 Å². The Balaban J connectivity index is 1.59. The molecule has 1 amide bonds. The number of ether oxygens (including phenoxy) is 2. The van der Waals surface area contributed by atoms with Crippen LogP contribution in [-0.4, -0.2) is 42.0 Å². The van der Waals surface area contributed by atoms with Crippen molar-refractivity contribution in [3.63, 3.8) is 0 Å². The average molecular weight is 347 g/mol. The Morgan fingerprint density at radius 3 is 2.32 bits per heavy atom. The lowest BCUT2D eigenvalue weighted by Gasteiger charge is -2.37. The quantitative estimate of drug-likeness (QED) is 0.874. The van der Waals surface area contributed by atoms with Crippen LogP contribution in [-0.2, 0) is 14.3 Å². The van der Waals surface area contributed by atoms with Crippen LogP contribution >= 0.6 is 0 Å². The van der Waals surface area contributed by atoms with Gasteiger partial charge in [-0.3, -0.25) is 0 Å². The monoisotopic (exact) mass is 347 g/mol. The molecule has 2 aliphatic rings. The van der Waals surface area contributed by atoms with Gasteiger partial charge in [0.05, 0.1) is 13.2 Å². The number of aliphatic carboxylic acids is 1. The van der Waals surface area contributed by atoms with Crippen molar-refractivity contribution in [1.82, 2.24) is 5.32 Å². The van der Waals surface area contributed by atoms with Gasteiger partial charge in [-0.2, -0.15) is 0 Å². The first-order valence-electron chi connectivity index (χ1n) is 8.94. The van der Waals surface area contributed by atoms with E-state index in [1.54, 1.807) is 0 Å². The lowest BCUT2D eigenvalue weighted by molar-refractivity contribution is -0.146. The number of carbonyl (C=O) groups excluding carboxylic acids is 1. The van der Waals surface area contributed by atoms with Gasteiger partial charge in [0.2, 0.25) is 0 Å². The van der Waals surface area contributed by atoms with Crippen LogP contribution in [0.5, 0.6) is 0 Å². The molecule has 1 aromatic rings. The number of carboxylic acid groups (broad SMARTS) is 1. The van der Waals surface area contributed by atoms with Crippen LogP contribution in [0.3, 0.4) is 0 Å². The minimum atomic E-state index is -1.23. The van der Waals surface area contributed by atoms with Crippen molar-refractivity contribution in [2.45, 2.75) is 56.1 Å². The van der Waals surface area contributed by atoms with Crippen LogP contribution in [0.15, 0.2) is 30.3 Å². The minimum Gasteiger partial charge on any atom is -0.480 e. The molecule has 0 bridgehead atoms. The van der Waals surface area contributed by atoms with Gasteiger partial charge in [-0.25, -0.2) is 9.59 Å². The molecule has 1 aliphatic heterocycles. The number of carboxylic acids is 1. The molecule has 136 valence electrons. The van der Waals surface area contributed by atoms with Gasteiger partial charge in [0.25, 0.3) is 0 Å². The second-order valence-electron chi connectivity index (χ2n) is 6.91. The van der Waals surface area contributed by atoms with Gasteiger partial charge in [-0.15, -0.1) is 0 Å². The van der Waals surface area contributed by atoms with Gasteiger partial charge >= 0.3 is 12.1 Å². The smallest absolute Gasteiger partial charge is 0.408 e. The number of rotatable bonds is 4. The standard InChI is InChI=1S/C19H25NO5/c21-17(22)19(20-18(23)25-16-8-12-24-13-9-16)10-6-15(7-11-19)14-4-2-1-3-5-14/h1-5,15-16H,6-13H2,(H,20,23)(H,21,22). The molecule has 0 spiro atoms. The average Bonchev–Trinajstić information content (AvgIpc) is 2.63. The van der Waals surface area contributed by atoms with Gasteiger partial charge in [0.1, 0.15) is 11.6 Å². The largest absolute Gasteiger partial charge is 0.480 e. The zero-order chi connectivity index (χ0) is 17.7. The van der Waals surface area contributed by atoms with E-state index in [1.165, 1.54) is 5.56 Å². The molecule has 0 aromatic heterocycles. The molecule has 1 aromatic carbocycles. The Labute approximate surface area is 147 Å². The molecule has 2 N–H and O–H groups in total. The molecule has 0 radical (unpaired) electrons. The van der Waals surface area contributed by atoms with Crippen molar-refractivity contribution >= 4 is 12.1 Å². The van der Waals surface area contributed by atoms with E-state index in [4.69, 9.17) is 9.47 Å². The number of benzene rings is 1. The maximum Gasteiger partial charge on any atom is 0.408 e. The normalized spacial score (nSPS) is 27.4. The molecule has 1 saturated heterocycles. The van der Waals surface area contributed by atoms with Gasteiger partial charge in [0, 0.05) is 12.8 Å². The molecule has 6 nitrogen and oxygen atoms in total. The molecule has 6 heteroatoms. The molecule has 2 fully saturated rings. The second-order valence-corrected chi connectivity index (χ2v) is 6.91. The van der Waals surface area contributed by atoms with Crippen molar-refractivity contribution in [2.75, 3.05) is 13.2 Å². The molecule has 1 saturated carbocycles. The number of hydrogen-bond donors (Lipinski definition) is 2. The van der Waals surface area contributed by atoms with Gasteiger partial charge in [0.15, 0.2) is 0 Å². The zero-order valence-corrected chi connectivity index (χ0v) is 14.3. The highest BCUT2D eigenvalue weighted by Crippen LogP contribution is 2.38. The van der Waals surface area contributed by atoms with Crippen molar-refractivity contribution in [3.8, 4) is 0 Å². The van der Waals surface area contributed by atoms with E-state index in [2.05, 4.69) is 17.4 Å². The first kappa shape index (κ1) is 17.7. The van der Waals surface area contributed by atoms with E-state index in [9.17, 15) is 14.7 Å². The summed E-state index contributed by atoms with van der Waals surface area (Å²) in [5.41, 5.74) is -0.000612. The molecular formula is C19H25NO5. The topological polar surface area (TPSA) is 84.9 Å². The first-order valence-corrected chi connectivity index (χ1v) is 8.94. The lowest BCUT2D eigenvalue weighted by atomic mass is 9.74. The predicted molar refractivity (Wildman–Crippen MR) is 91.5 cm³/mol. The number of carbonyl (C=O) groups is 2. The second kappa shape index (κ2) is 7.87. The minimum absolute atomic E-state index is 0.194. The third-order valence-electron chi connectivity index (χ3n) is 5.30. The summed E-state index contributed by atoms with van der Waals surface area (Å²) in [6.45, 7) is 1.14. The fraction of sp³-hybridized carbons (Fsp3) is 0.579. The molecule has 0 unspecified atom stereocenters. The van der Waals surface area contributed by atoms with Crippen molar-refractivity contribution < 1.29 is 24.2 Å². The van der Waals surface area contributed by atoms with E-state index in [0.29, 0.717) is 44.8 Å². The molecule has 1 aliphatic carbocycles. The maximum absolute atomic E-state index is 12.2. The molecule has 3 rings (SSSR count). The van der Waals surface area contributed by atoms with Gasteiger partial charge in [-0.05, 0) is 37.2 Å². The Morgan fingerprint density at radius 1 is 1.08 bits per heavy atom. The molecular weight excluding hydrogens is 322 g/mol. The summed E-state index contributed by atoms with van der Waals surface area (Å²) in [5.74, 6) is -0.648. The number of hydrogen-bond acceptors (Lipinski definition) is 4. The number of nitrogens with one attached hydrogen (secondary N) is 1. The molecule has 1 heterocycles. The maximum atomic E-state index is 12.2. The van der Waals surface area contributed by atoms with Gasteiger partial charge < -0.3 is 19.9 Å². The summed E-state index contributed by atoms with van der Waals surface area (Å²) < 4.78 is 10.6. The fourth-order valence-electron chi connectivity index (χ4n) is 3.73. The van der Waals surface area contributed by atoms with Crippen molar-refractivity contribution in [2.24, 2.45) is 0 Å². The third kappa shape index (κ3) is 4.31. The molecule has 25 heavy (non-hydrogen) atoms.